The van der Waals surface area contributed by atoms with E-state index >= 15 is 0 Å². The number of anilines is 1. The number of carbonyl (C=O) groups excluding carboxylic acids is 2. The number of amides is 2. The van der Waals surface area contributed by atoms with Crippen molar-refractivity contribution in [3.63, 3.8) is 0 Å². The third-order valence-electron chi connectivity index (χ3n) is 4.51. The molecule has 0 radical (unpaired) electrons. The molecule has 0 saturated carbocycles. The molecule has 1 N–H and O–H groups in total. The lowest BCUT2D eigenvalue weighted by Crippen LogP contribution is -2.48. The Hall–Kier alpha value is -2.70. The molecular weight excluding hydrogens is 306 g/mol. The van der Waals surface area contributed by atoms with Crippen LogP contribution in [0.4, 0.5) is 5.69 Å². The zero-order chi connectivity index (χ0) is 17.3. The molecule has 0 fully saturated rings. The molecule has 2 atom stereocenters. The number of carbonyl (C=O) groups is 2. The molecule has 7 nitrogen and oxygen atoms in total. The lowest BCUT2D eigenvalue weighted by atomic mass is 9.96. The molecule has 126 valence electrons. The molecule has 1 aliphatic rings. The molecule has 7 heteroatoms. The summed E-state index contributed by atoms with van der Waals surface area (Å²) in [5.74, 6) is -0.325. The minimum atomic E-state index is -0.532. The second kappa shape index (κ2) is 6.43. The average Bonchev–Trinajstić information content (AvgIpc) is 2.94. The molecule has 2 aromatic heterocycles. The maximum Gasteiger partial charge on any atom is 0.258 e. The lowest BCUT2D eigenvalue weighted by molar-refractivity contribution is -0.122. The van der Waals surface area contributed by atoms with E-state index in [1.54, 1.807) is 35.2 Å². The van der Waals surface area contributed by atoms with E-state index in [0.29, 0.717) is 17.8 Å². The maximum absolute atomic E-state index is 13.0. The van der Waals surface area contributed by atoms with Crippen LogP contribution in [0.15, 0.2) is 30.9 Å². The zero-order valence-corrected chi connectivity index (χ0v) is 14.1. The monoisotopic (exact) mass is 327 g/mol. The minimum Gasteiger partial charge on any atom is -0.323 e. The number of nitrogens with zero attached hydrogens (tertiary/aromatic N) is 4. The number of hydrogen-bond acceptors (Lipinski definition) is 4. The van der Waals surface area contributed by atoms with E-state index < -0.39 is 6.04 Å². The fourth-order valence-corrected chi connectivity index (χ4v) is 2.99. The summed E-state index contributed by atoms with van der Waals surface area (Å²) >= 11 is 0. The summed E-state index contributed by atoms with van der Waals surface area (Å²) in [6, 6.07) is 1.30. The Labute approximate surface area is 140 Å². The van der Waals surface area contributed by atoms with Gasteiger partial charge in [0.2, 0.25) is 5.91 Å². The predicted octanol–water partition coefficient (Wildman–Crippen LogP) is 1.82. The standard InChI is InChI=1S/C17H21N5O2/c1-4-11(2)15-16(23)20-14-8-18-6-5-12(14)10-22(15)17(24)13-7-19-21(3)9-13/h5-9,11,15H,4,10H2,1-3H3,(H,20,23). The molecule has 0 aliphatic carbocycles. The Bertz CT molecular complexity index is 770. The summed E-state index contributed by atoms with van der Waals surface area (Å²) in [7, 11) is 1.76. The van der Waals surface area contributed by atoms with Crippen molar-refractivity contribution in [3.05, 3.63) is 42.0 Å². The van der Waals surface area contributed by atoms with Crippen molar-refractivity contribution in [2.45, 2.75) is 32.9 Å². The number of hydrogen-bond donors (Lipinski definition) is 1. The molecule has 2 aromatic rings. The second-order valence-electron chi connectivity index (χ2n) is 6.19. The van der Waals surface area contributed by atoms with E-state index in [4.69, 9.17) is 0 Å². The van der Waals surface area contributed by atoms with Crippen LogP contribution in [0.3, 0.4) is 0 Å². The van der Waals surface area contributed by atoms with Crippen molar-refractivity contribution in [2.75, 3.05) is 5.32 Å². The molecular formula is C17H21N5O2. The molecule has 0 spiro atoms. The van der Waals surface area contributed by atoms with Gasteiger partial charge in [0.25, 0.3) is 5.91 Å². The van der Waals surface area contributed by atoms with Crippen molar-refractivity contribution in [2.24, 2.45) is 13.0 Å². The van der Waals surface area contributed by atoms with Crippen molar-refractivity contribution in [1.29, 1.82) is 0 Å². The van der Waals surface area contributed by atoms with Crippen LogP contribution in [-0.4, -0.2) is 37.5 Å². The van der Waals surface area contributed by atoms with Crippen LogP contribution in [0, 0.1) is 5.92 Å². The third kappa shape index (κ3) is 2.89. The van der Waals surface area contributed by atoms with E-state index in [2.05, 4.69) is 15.4 Å². The van der Waals surface area contributed by atoms with Gasteiger partial charge in [-0.2, -0.15) is 5.10 Å². The van der Waals surface area contributed by atoms with Crippen LogP contribution in [-0.2, 0) is 18.4 Å². The minimum absolute atomic E-state index is 0.0351. The van der Waals surface area contributed by atoms with Gasteiger partial charge in [0.05, 0.1) is 23.6 Å². The first-order chi connectivity index (χ1) is 11.5. The highest BCUT2D eigenvalue weighted by molar-refractivity contribution is 6.02. The van der Waals surface area contributed by atoms with Crippen LogP contribution in [0.5, 0.6) is 0 Å². The molecule has 2 unspecified atom stereocenters. The van der Waals surface area contributed by atoms with Crippen LogP contribution in [0.2, 0.25) is 0 Å². The van der Waals surface area contributed by atoms with Gasteiger partial charge in [0.1, 0.15) is 6.04 Å². The van der Waals surface area contributed by atoms with Gasteiger partial charge in [-0.15, -0.1) is 0 Å². The first-order valence-electron chi connectivity index (χ1n) is 8.04. The predicted molar refractivity (Wildman–Crippen MR) is 89.2 cm³/mol. The molecule has 24 heavy (non-hydrogen) atoms. The number of aryl methyl sites for hydroxylation is 1. The molecule has 0 aromatic carbocycles. The normalized spacial score (nSPS) is 18.5. The SMILES string of the molecule is CCC(C)C1C(=O)Nc2cnccc2CN1C(=O)c1cnn(C)c1. The van der Waals surface area contributed by atoms with Crippen molar-refractivity contribution < 1.29 is 9.59 Å². The van der Waals surface area contributed by atoms with E-state index in [0.717, 1.165) is 12.0 Å². The summed E-state index contributed by atoms with van der Waals surface area (Å²) < 4.78 is 1.58. The molecule has 0 bridgehead atoms. The number of nitrogens with one attached hydrogen (secondary N) is 1. The van der Waals surface area contributed by atoms with E-state index in [1.165, 1.54) is 6.20 Å². The topological polar surface area (TPSA) is 80.1 Å². The smallest absolute Gasteiger partial charge is 0.258 e. The Balaban J connectivity index is 2.03. The first-order valence-corrected chi connectivity index (χ1v) is 8.04. The zero-order valence-electron chi connectivity index (χ0n) is 14.1. The highest BCUT2D eigenvalue weighted by atomic mass is 16.2. The van der Waals surface area contributed by atoms with E-state index in [-0.39, 0.29) is 17.7 Å². The number of rotatable bonds is 3. The Morgan fingerprint density at radius 2 is 2.25 bits per heavy atom. The summed E-state index contributed by atoms with van der Waals surface area (Å²) in [5, 5.41) is 6.98. The Morgan fingerprint density at radius 3 is 2.92 bits per heavy atom. The fourth-order valence-electron chi connectivity index (χ4n) is 2.99. The van der Waals surface area contributed by atoms with Gasteiger partial charge in [0, 0.05) is 26.0 Å². The highest BCUT2D eigenvalue weighted by Crippen LogP contribution is 2.27. The summed E-state index contributed by atoms with van der Waals surface area (Å²) in [6.07, 6.45) is 7.29. The van der Waals surface area contributed by atoms with E-state index in [1.807, 2.05) is 19.9 Å². The van der Waals surface area contributed by atoms with Crippen molar-refractivity contribution in [1.82, 2.24) is 19.7 Å². The van der Waals surface area contributed by atoms with Crippen LogP contribution < -0.4 is 5.32 Å². The van der Waals surface area contributed by atoms with Crippen molar-refractivity contribution in [3.8, 4) is 0 Å². The van der Waals surface area contributed by atoms with E-state index in [9.17, 15) is 9.59 Å². The fraction of sp³-hybridized carbons (Fsp3) is 0.412. The molecule has 2 amide bonds. The van der Waals surface area contributed by atoms with Crippen LogP contribution in [0.1, 0.15) is 36.2 Å². The van der Waals surface area contributed by atoms with Gasteiger partial charge in [0.15, 0.2) is 0 Å². The third-order valence-corrected chi connectivity index (χ3v) is 4.51. The largest absolute Gasteiger partial charge is 0.323 e. The van der Waals surface area contributed by atoms with Crippen LogP contribution in [0.25, 0.3) is 0 Å². The molecule has 1 aliphatic heterocycles. The number of aromatic nitrogens is 3. The van der Waals surface area contributed by atoms with Crippen molar-refractivity contribution >= 4 is 17.5 Å². The molecule has 3 rings (SSSR count). The molecule has 0 saturated heterocycles. The lowest BCUT2D eigenvalue weighted by Gasteiger charge is -2.32. The van der Waals surface area contributed by atoms with Gasteiger partial charge < -0.3 is 10.2 Å². The Morgan fingerprint density at radius 1 is 1.46 bits per heavy atom. The van der Waals surface area contributed by atoms with Gasteiger partial charge in [-0.3, -0.25) is 19.3 Å². The second-order valence-corrected chi connectivity index (χ2v) is 6.19. The van der Waals surface area contributed by atoms with Gasteiger partial charge in [-0.05, 0) is 17.5 Å². The van der Waals surface area contributed by atoms with Gasteiger partial charge in [-0.25, -0.2) is 0 Å². The first kappa shape index (κ1) is 16.2. The van der Waals surface area contributed by atoms with Gasteiger partial charge in [-0.1, -0.05) is 20.3 Å². The summed E-state index contributed by atoms with van der Waals surface area (Å²) in [6.45, 7) is 4.37. The summed E-state index contributed by atoms with van der Waals surface area (Å²) in [4.78, 5) is 31.5. The highest BCUT2D eigenvalue weighted by Gasteiger charge is 2.37. The van der Waals surface area contributed by atoms with Crippen LogP contribution >= 0.6 is 0 Å². The quantitative estimate of drug-likeness (QED) is 0.932. The Kier molecular flexibility index (Phi) is 4.33. The molecule has 3 heterocycles. The summed E-state index contributed by atoms with van der Waals surface area (Å²) in [5.41, 5.74) is 2.02. The number of pyridine rings is 1. The maximum atomic E-state index is 13.0. The van der Waals surface area contributed by atoms with Gasteiger partial charge >= 0.3 is 0 Å². The number of fused-ring (bicyclic) bond motifs is 1. The average molecular weight is 327 g/mol.